The molecule has 0 saturated heterocycles. The molecule has 18 nitrogen and oxygen atoms in total. The molecule has 0 saturated carbocycles. The molecule has 4 amide bonds. The first-order valence-corrected chi connectivity index (χ1v) is 20.4. The van der Waals surface area contributed by atoms with Crippen LogP contribution in [-0.2, 0) is 39.8 Å². The molecule has 0 aliphatic heterocycles. The second-order valence-corrected chi connectivity index (χ2v) is 14.9. The third-order valence-corrected chi connectivity index (χ3v) is 10.7. The second-order valence-electron chi connectivity index (χ2n) is 14.9. The van der Waals surface area contributed by atoms with Crippen LogP contribution in [0.1, 0.15) is 91.8 Å². The van der Waals surface area contributed by atoms with Gasteiger partial charge < -0.3 is 39.6 Å². The van der Waals surface area contributed by atoms with Crippen molar-refractivity contribution in [3.63, 3.8) is 0 Å². The van der Waals surface area contributed by atoms with E-state index in [0.29, 0.717) is 113 Å². The van der Waals surface area contributed by atoms with Crippen molar-refractivity contribution in [2.75, 3.05) is 7.11 Å². The van der Waals surface area contributed by atoms with Gasteiger partial charge in [-0.05, 0) is 107 Å². The largest absolute Gasteiger partial charge is 0.497 e. The molecule has 4 heterocycles. The Kier molecular flexibility index (Phi) is 12.4. The fraction of sp³-hybridized carbons (Fsp3) is 0.318. The van der Waals surface area contributed by atoms with E-state index in [1.165, 1.54) is 0 Å². The van der Waals surface area contributed by atoms with E-state index in [1.807, 2.05) is 61.1 Å². The lowest BCUT2D eigenvalue weighted by molar-refractivity contribution is 0.0978. The second kappa shape index (κ2) is 18.0. The number of hydrogen-bond donors (Lipinski definition) is 3. The molecular formula is C44H50N12O6. The number of nitrogens with one attached hydrogen (secondary N) is 1. The first-order chi connectivity index (χ1) is 29.8. The predicted molar refractivity (Wildman–Crippen MR) is 230 cm³/mol. The number of H-pyrrole nitrogens is 1. The lowest BCUT2D eigenvalue weighted by Crippen LogP contribution is -2.27. The van der Waals surface area contributed by atoms with Crippen molar-refractivity contribution in [1.82, 2.24) is 38.2 Å². The van der Waals surface area contributed by atoms with Crippen molar-refractivity contribution < 1.29 is 28.7 Å². The molecule has 0 fully saturated rings. The SMILES string of the molecule is CCn1nc(C)cc1C(=O)/N=c1\[nH]c2cc(C(N)=O)ccc2n1CCCCCn1/c(=N/C(=O)c2cc(C)nn2CC)n(C)c2cc(C(N)=O)cc(OCc3ccc(OC)cc3)c21. The van der Waals surface area contributed by atoms with Crippen molar-refractivity contribution in [3.05, 3.63) is 117 Å². The van der Waals surface area contributed by atoms with E-state index in [9.17, 15) is 19.2 Å². The number of imidazole rings is 2. The van der Waals surface area contributed by atoms with Gasteiger partial charge in [-0.15, -0.1) is 0 Å². The van der Waals surface area contributed by atoms with Crippen molar-refractivity contribution >= 4 is 45.7 Å². The Morgan fingerprint density at radius 2 is 1.34 bits per heavy atom. The highest BCUT2D eigenvalue weighted by molar-refractivity contribution is 5.99. The average Bonchev–Trinajstić information content (AvgIpc) is 4.01. The molecule has 0 bridgehead atoms. The summed E-state index contributed by atoms with van der Waals surface area (Å²) in [5.41, 5.74) is 18.2. The smallest absolute Gasteiger partial charge is 0.298 e. The number of nitrogens with zero attached hydrogens (tertiary/aromatic N) is 9. The molecule has 0 atom stereocenters. The minimum absolute atomic E-state index is 0.176. The number of methoxy groups -OCH3 is 1. The van der Waals surface area contributed by atoms with Crippen LogP contribution in [0.25, 0.3) is 22.1 Å². The summed E-state index contributed by atoms with van der Waals surface area (Å²) >= 11 is 0. The van der Waals surface area contributed by atoms with Gasteiger partial charge in [-0.3, -0.25) is 28.5 Å². The molecule has 7 rings (SSSR count). The van der Waals surface area contributed by atoms with Gasteiger partial charge in [0.1, 0.15) is 35.0 Å². The van der Waals surface area contributed by atoms with Crippen LogP contribution in [0, 0.1) is 13.8 Å². The summed E-state index contributed by atoms with van der Waals surface area (Å²) in [6.45, 7) is 9.51. The molecule has 5 N–H and O–H groups in total. The minimum atomic E-state index is -0.634. The highest BCUT2D eigenvalue weighted by Crippen LogP contribution is 2.29. The maximum Gasteiger partial charge on any atom is 0.298 e. The number of primary amides is 2. The fourth-order valence-electron chi connectivity index (χ4n) is 7.57. The Morgan fingerprint density at radius 1 is 0.726 bits per heavy atom. The fourth-order valence-corrected chi connectivity index (χ4v) is 7.57. The summed E-state index contributed by atoms with van der Waals surface area (Å²) in [6.07, 6.45) is 2.00. The monoisotopic (exact) mass is 842 g/mol. The number of carbonyl (C=O) groups is 4. The van der Waals surface area contributed by atoms with Crippen LogP contribution in [0.2, 0.25) is 0 Å². The molecule has 0 aliphatic rings. The number of benzene rings is 3. The number of nitrogens with two attached hydrogens (primary N) is 2. The van der Waals surface area contributed by atoms with Gasteiger partial charge in [0.2, 0.25) is 23.1 Å². The molecule has 322 valence electrons. The van der Waals surface area contributed by atoms with Gasteiger partial charge >= 0.3 is 0 Å². The number of carbonyl (C=O) groups excluding carboxylic acids is 4. The summed E-state index contributed by atoms with van der Waals surface area (Å²) in [6, 6.07) is 19.2. The predicted octanol–water partition coefficient (Wildman–Crippen LogP) is 4.45. The van der Waals surface area contributed by atoms with Crippen molar-refractivity contribution in [1.29, 1.82) is 0 Å². The molecule has 0 spiro atoms. The van der Waals surface area contributed by atoms with Gasteiger partial charge in [-0.2, -0.15) is 20.2 Å². The number of hydrogen-bond acceptors (Lipinski definition) is 8. The van der Waals surface area contributed by atoms with Gasteiger partial charge in [-0.25, -0.2) is 0 Å². The molecule has 0 aliphatic carbocycles. The van der Waals surface area contributed by atoms with Crippen LogP contribution in [0.15, 0.2) is 76.7 Å². The van der Waals surface area contributed by atoms with Crippen LogP contribution in [0.5, 0.6) is 11.5 Å². The number of amides is 4. The zero-order chi connectivity index (χ0) is 44.2. The van der Waals surface area contributed by atoms with E-state index in [4.69, 9.17) is 20.9 Å². The minimum Gasteiger partial charge on any atom is -0.497 e. The van der Waals surface area contributed by atoms with E-state index in [0.717, 1.165) is 11.1 Å². The summed E-state index contributed by atoms with van der Waals surface area (Å²) in [7, 11) is 3.38. The highest BCUT2D eigenvalue weighted by atomic mass is 16.5. The summed E-state index contributed by atoms with van der Waals surface area (Å²) in [5.74, 6) is -1.03. The highest BCUT2D eigenvalue weighted by Gasteiger charge is 2.21. The zero-order valence-electron chi connectivity index (χ0n) is 35.6. The Labute approximate surface area is 356 Å². The summed E-state index contributed by atoms with van der Waals surface area (Å²) in [5, 5.41) is 8.84. The van der Waals surface area contributed by atoms with Gasteiger partial charge in [0.15, 0.2) is 0 Å². The molecular weight excluding hydrogens is 793 g/mol. The standard InChI is InChI=1S/C44H50N12O6/c1-7-55-35(20-26(3)50-55)41(59)48-43-47-32-22-29(39(45)57)14-17-33(32)53(43)18-10-9-11-19-54-38-34(52(5)44(54)49-42(60)36-21-27(4)51-56(36)8-2)23-30(40(46)58)24-37(38)62-25-28-12-15-31(61-6)16-13-28/h12-17,20-24H,7-11,18-19,25H2,1-6H3,(H2,45,57)(H2,46,58)(H,47,48,59)/b49-44+. The van der Waals surface area contributed by atoms with E-state index >= 15 is 0 Å². The topological polar surface area (TPSA) is 230 Å². The van der Waals surface area contributed by atoms with Crippen LogP contribution in [0.3, 0.4) is 0 Å². The van der Waals surface area contributed by atoms with Gasteiger partial charge in [0.05, 0.1) is 35.0 Å². The quantitative estimate of drug-likeness (QED) is 0.117. The van der Waals surface area contributed by atoms with E-state index in [-0.39, 0.29) is 12.2 Å². The van der Waals surface area contributed by atoms with Crippen molar-refractivity contribution in [3.8, 4) is 11.5 Å². The number of aromatic amines is 1. The number of ether oxygens (including phenoxy) is 2. The molecule has 4 aromatic heterocycles. The Hall–Kier alpha value is -7.50. The van der Waals surface area contributed by atoms with Crippen LogP contribution >= 0.6 is 0 Å². The molecule has 62 heavy (non-hydrogen) atoms. The number of aromatic nitrogens is 8. The van der Waals surface area contributed by atoms with E-state index < -0.39 is 23.6 Å². The Morgan fingerprint density at radius 3 is 1.94 bits per heavy atom. The first kappa shape index (κ1) is 42.6. The normalized spacial score (nSPS) is 12.2. The summed E-state index contributed by atoms with van der Waals surface area (Å²) < 4.78 is 20.6. The molecule has 18 heteroatoms. The maximum absolute atomic E-state index is 13.9. The number of unbranched alkanes of at least 4 members (excludes halogenated alkanes) is 2. The average molecular weight is 843 g/mol. The molecule has 7 aromatic rings. The third-order valence-electron chi connectivity index (χ3n) is 10.7. The van der Waals surface area contributed by atoms with Crippen molar-refractivity contribution in [2.24, 2.45) is 28.5 Å². The maximum atomic E-state index is 13.9. The van der Waals surface area contributed by atoms with Gasteiger partial charge in [0.25, 0.3) is 11.8 Å². The Balaban J connectivity index is 1.23. The van der Waals surface area contributed by atoms with Gasteiger partial charge in [-0.1, -0.05) is 12.1 Å². The third kappa shape index (κ3) is 8.70. The Bertz CT molecular complexity index is 2990. The van der Waals surface area contributed by atoms with E-state index in [1.54, 1.807) is 70.6 Å². The molecule has 0 radical (unpaired) electrons. The van der Waals surface area contributed by atoms with Crippen LogP contribution in [0.4, 0.5) is 0 Å². The molecule has 0 unspecified atom stereocenters. The summed E-state index contributed by atoms with van der Waals surface area (Å²) in [4.78, 5) is 64.4. The zero-order valence-corrected chi connectivity index (χ0v) is 35.6. The number of fused-ring (bicyclic) bond motifs is 2. The molecule has 3 aromatic carbocycles. The van der Waals surface area contributed by atoms with Gasteiger partial charge in [0, 0.05) is 44.4 Å². The lowest BCUT2D eigenvalue weighted by Gasteiger charge is -2.13. The van der Waals surface area contributed by atoms with Crippen LogP contribution in [-0.4, -0.2) is 69.0 Å². The van der Waals surface area contributed by atoms with E-state index in [2.05, 4.69) is 25.2 Å². The number of rotatable bonds is 16. The van der Waals surface area contributed by atoms with Crippen LogP contribution < -0.4 is 32.2 Å². The van der Waals surface area contributed by atoms with Crippen molar-refractivity contribution in [2.45, 2.75) is 79.7 Å². The lowest BCUT2D eigenvalue weighted by atomic mass is 10.1. The number of aryl methyl sites for hydroxylation is 7. The first-order valence-electron chi connectivity index (χ1n) is 20.4.